The first kappa shape index (κ1) is 15.5. The van der Waals surface area contributed by atoms with Crippen molar-refractivity contribution in [3.63, 3.8) is 0 Å². The number of halogens is 1. The number of hydrogen-bond donors (Lipinski definition) is 1. The second-order valence-corrected chi connectivity index (χ2v) is 6.03. The largest absolute Gasteiger partial charge is 0.345 e. The van der Waals surface area contributed by atoms with Crippen LogP contribution in [0.4, 0.5) is 5.69 Å². The van der Waals surface area contributed by atoms with Crippen molar-refractivity contribution < 1.29 is 9.72 Å². The molecule has 0 aliphatic heterocycles. The molecule has 0 spiro atoms. The number of hydrogen-bond acceptors (Lipinski definition) is 3. The van der Waals surface area contributed by atoms with E-state index in [1.807, 2.05) is 30.3 Å². The van der Waals surface area contributed by atoms with Gasteiger partial charge < -0.3 is 5.32 Å². The van der Waals surface area contributed by atoms with Crippen molar-refractivity contribution in [3.05, 3.63) is 74.8 Å². The molecule has 1 saturated carbocycles. The highest BCUT2D eigenvalue weighted by molar-refractivity contribution is 6.34. The lowest BCUT2D eigenvalue weighted by atomic mass is 10.0. The van der Waals surface area contributed by atoms with E-state index in [1.54, 1.807) is 0 Å². The normalized spacial score (nSPS) is 15.0. The van der Waals surface area contributed by atoms with Gasteiger partial charge in [0.2, 0.25) is 0 Å². The third kappa shape index (κ3) is 3.51. The molecule has 3 rings (SSSR count). The van der Waals surface area contributed by atoms with E-state index in [4.69, 9.17) is 11.6 Å². The first-order chi connectivity index (χ1) is 11.1. The fourth-order valence-corrected chi connectivity index (χ4v) is 2.84. The minimum atomic E-state index is -0.537. The van der Waals surface area contributed by atoms with Gasteiger partial charge in [0, 0.05) is 12.1 Å². The first-order valence-electron chi connectivity index (χ1n) is 7.36. The summed E-state index contributed by atoms with van der Waals surface area (Å²) in [5.74, 6) is 0.115. The predicted molar refractivity (Wildman–Crippen MR) is 87.5 cm³/mol. The molecule has 0 bridgehead atoms. The molecular weight excluding hydrogens is 316 g/mol. The average Bonchev–Trinajstić information content (AvgIpc) is 3.37. The Labute approximate surface area is 138 Å². The van der Waals surface area contributed by atoms with Crippen LogP contribution in [0.2, 0.25) is 5.02 Å². The Morgan fingerprint density at radius 2 is 1.91 bits per heavy atom. The molecule has 0 saturated heterocycles. The van der Waals surface area contributed by atoms with Crippen molar-refractivity contribution in [2.24, 2.45) is 5.92 Å². The van der Waals surface area contributed by atoms with Crippen LogP contribution < -0.4 is 5.32 Å². The van der Waals surface area contributed by atoms with E-state index in [-0.39, 0.29) is 28.2 Å². The van der Waals surface area contributed by atoms with Crippen LogP contribution >= 0.6 is 11.6 Å². The van der Waals surface area contributed by atoms with Crippen LogP contribution in [0, 0.1) is 16.0 Å². The number of non-ortho nitro benzene ring substituents is 1. The minimum Gasteiger partial charge on any atom is -0.345 e. The quantitative estimate of drug-likeness (QED) is 0.661. The maximum Gasteiger partial charge on any atom is 0.270 e. The highest BCUT2D eigenvalue weighted by Gasteiger charge is 2.33. The van der Waals surface area contributed by atoms with Crippen LogP contribution in [0.15, 0.2) is 48.5 Å². The second-order valence-electron chi connectivity index (χ2n) is 5.62. The lowest BCUT2D eigenvalue weighted by molar-refractivity contribution is -0.384. The number of nitro groups is 1. The van der Waals surface area contributed by atoms with Gasteiger partial charge in [-0.2, -0.15) is 0 Å². The zero-order valence-corrected chi connectivity index (χ0v) is 13.0. The Hall–Kier alpha value is -2.40. The molecule has 0 heterocycles. The lowest BCUT2D eigenvalue weighted by Crippen LogP contribution is -2.30. The molecule has 6 heteroatoms. The fourth-order valence-electron chi connectivity index (χ4n) is 2.58. The SMILES string of the molecule is O=C(N[C@@H](c1ccccc1)C1CC1)c1ccc([N+](=O)[O-])cc1Cl. The summed E-state index contributed by atoms with van der Waals surface area (Å²) in [7, 11) is 0. The maximum absolute atomic E-state index is 12.5. The van der Waals surface area contributed by atoms with Crippen LogP contribution in [0.25, 0.3) is 0 Å². The lowest BCUT2D eigenvalue weighted by Gasteiger charge is -2.19. The van der Waals surface area contributed by atoms with E-state index in [9.17, 15) is 14.9 Å². The van der Waals surface area contributed by atoms with Crippen molar-refractivity contribution in [3.8, 4) is 0 Å². The smallest absolute Gasteiger partial charge is 0.270 e. The Balaban J connectivity index is 1.81. The Morgan fingerprint density at radius 3 is 2.48 bits per heavy atom. The molecule has 2 aromatic carbocycles. The number of nitrogens with zero attached hydrogens (tertiary/aromatic N) is 1. The Morgan fingerprint density at radius 1 is 1.22 bits per heavy atom. The molecule has 0 aromatic heterocycles. The summed E-state index contributed by atoms with van der Waals surface area (Å²) in [5, 5.41) is 13.8. The fraction of sp³-hybridized carbons (Fsp3) is 0.235. The molecule has 5 nitrogen and oxygen atoms in total. The number of rotatable bonds is 5. The summed E-state index contributed by atoms with van der Waals surface area (Å²) in [6, 6.07) is 13.6. The van der Waals surface area contributed by atoms with E-state index >= 15 is 0 Å². The standard InChI is InChI=1S/C17H15ClN2O3/c18-15-10-13(20(22)23)8-9-14(15)17(21)19-16(12-6-7-12)11-4-2-1-3-5-11/h1-5,8-10,12,16H,6-7H2,(H,19,21)/t16-/m0/s1. The summed E-state index contributed by atoms with van der Waals surface area (Å²) in [4.78, 5) is 22.7. The molecule has 1 aliphatic rings. The molecule has 1 amide bonds. The van der Waals surface area contributed by atoms with Crippen molar-refractivity contribution in [1.82, 2.24) is 5.32 Å². The van der Waals surface area contributed by atoms with Gasteiger partial charge in [-0.25, -0.2) is 0 Å². The van der Waals surface area contributed by atoms with Crippen molar-refractivity contribution >= 4 is 23.2 Å². The van der Waals surface area contributed by atoms with Gasteiger partial charge in [-0.3, -0.25) is 14.9 Å². The number of nitro benzene ring substituents is 1. The molecule has 118 valence electrons. The zero-order valence-electron chi connectivity index (χ0n) is 12.2. The van der Waals surface area contributed by atoms with Crippen LogP contribution in [0.1, 0.15) is 34.8 Å². The molecule has 2 aromatic rings. The monoisotopic (exact) mass is 330 g/mol. The minimum absolute atomic E-state index is 0.0602. The van der Waals surface area contributed by atoms with Crippen molar-refractivity contribution in [2.75, 3.05) is 0 Å². The van der Waals surface area contributed by atoms with E-state index in [0.717, 1.165) is 18.4 Å². The summed E-state index contributed by atoms with van der Waals surface area (Å²) in [6.45, 7) is 0. The highest BCUT2D eigenvalue weighted by atomic mass is 35.5. The van der Waals surface area contributed by atoms with Gasteiger partial charge in [-0.05, 0) is 30.4 Å². The number of nitrogens with one attached hydrogen (secondary N) is 1. The summed E-state index contributed by atoms with van der Waals surface area (Å²) in [6.07, 6.45) is 2.15. The summed E-state index contributed by atoms with van der Waals surface area (Å²) < 4.78 is 0. The molecule has 1 atom stereocenters. The zero-order chi connectivity index (χ0) is 16.4. The molecule has 1 aliphatic carbocycles. The van der Waals surface area contributed by atoms with Gasteiger partial charge in [0.25, 0.3) is 11.6 Å². The number of carbonyl (C=O) groups is 1. The Bertz CT molecular complexity index is 745. The molecular formula is C17H15ClN2O3. The molecule has 23 heavy (non-hydrogen) atoms. The van der Waals surface area contributed by atoms with Gasteiger partial charge in [0.05, 0.1) is 21.6 Å². The van der Waals surface area contributed by atoms with E-state index < -0.39 is 4.92 Å². The van der Waals surface area contributed by atoms with Crippen molar-refractivity contribution in [2.45, 2.75) is 18.9 Å². The molecule has 1 fully saturated rings. The number of amides is 1. The van der Waals surface area contributed by atoms with Crippen LogP contribution in [0.5, 0.6) is 0 Å². The summed E-state index contributed by atoms with van der Waals surface area (Å²) >= 11 is 6.03. The van der Waals surface area contributed by atoms with E-state index in [2.05, 4.69) is 5.32 Å². The number of benzene rings is 2. The number of carbonyl (C=O) groups excluding carboxylic acids is 1. The topological polar surface area (TPSA) is 72.2 Å². The van der Waals surface area contributed by atoms with Gasteiger partial charge >= 0.3 is 0 Å². The van der Waals surface area contributed by atoms with Gasteiger partial charge in [0.15, 0.2) is 0 Å². The average molecular weight is 331 g/mol. The van der Waals surface area contributed by atoms with Gasteiger partial charge in [0.1, 0.15) is 0 Å². The van der Waals surface area contributed by atoms with Crippen LogP contribution in [-0.4, -0.2) is 10.8 Å². The van der Waals surface area contributed by atoms with E-state index in [0.29, 0.717) is 5.92 Å². The maximum atomic E-state index is 12.5. The summed E-state index contributed by atoms with van der Waals surface area (Å²) in [5.41, 5.74) is 1.17. The third-order valence-corrected chi connectivity index (χ3v) is 4.26. The molecule has 1 N–H and O–H groups in total. The predicted octanol–water partition coefficient (Wildman–Crippen LogP) is 4.13. The third-order valence-electron chi connectivity index (χ3n) is 3.95. The van der Waals surface area contributed by atoms with Gasteiger partial charge in [-0.1, -0.05) is 41.9 Å². The highest BCUT2D eigenvalue weighted by Crippen LogP contribution is 2.41. The van der Waals surface area contributed by atoms with Crippen molar-refractivity contribution in [1.29, 1.82) is 0 Å². The second kappa shape index (κ2) is 6.38. The Kier molecular flexibility index (Phi) is 4.30. The first-order valence-corrected chi connectivity index (χ1v) is 7.74. The van der Waals surface area contributed by atoms with E-state index in [1.165, 1.54) is 18.2 Å². The van der Waals surface area contributed by atoms with Gasteiger partial charge in [-0.15, -0.1) is 0 Å². The van der Waals surface area contributed by atoms with Crippen LogP contribution in [-0.2, 0) is 0 Å². The van der Waals surface area contributed by atoms with Crippen LogP contribution in [0.3, 0.4) is 0 Å². The molecule has 0 radical (unpaired) electrons. The molecule has 0 unspecified atom stereocenters.